The number of nitrogen functional groups attached to an aromatic ring is 1. The number of ether oxygens (including phenoxy) is 1. The summed E-state index contributed by atoms with van der Waals surface area (Å²) in [4.78, 5) is 35.8. The average Bonchev–Trinajstić information content (AvgIpc) is 3.23. The second-order valence-corrected chi connectivity index (χ2v) is 7.22. The molecule has 1 saturated heterocycles. The van der Waals surface area contributed by atoms with Gasteiger partial charge in [-0.25, -0.2) is 4.98 Å². The van der Waals surface area contributed by atoms with Gasteiger partial charge in [0.1, 0.15) is 12.4 Å². The number of hydrogen-bond acceptors (Lipinski definition) is 8. The Balaban J connectivity index is 1.97. The van der Waals surface area contributed by atoms with E-state index in [1.165, 1.54) is 10.9 Å². The van der Waals surface area contributed by atoms with Gasteiger partial charge in [0, 0.05) is 12.8 Å². The number of carbonyl (C=O) groups is 1. The fourth-order valence-electron chi connectivity index (χ4n) is 3.70. The predicted octanol–water partition coefficient (Wildman–Crippen LogP) is 0.426. The normalized spacial score (nSPS) is 24.8. The minimum atomic E-state index is -1.58. The Morgan fingerprint density at radius 2 is 2.18 bits per heavy atom. The number of fused-ring (bicyclic) bond motifs is 1. The van der Waals surface area contributed by atoms with Gasteiger partial charge in [-0.15, -0.1) is 0 Å². The Morgan fingerprint density at radius 3 is 2.86 bits per heavy atom. The van der Waals surface area contributed by atoms with E-state index in [2.05, 4.69) is 21.9 Å². The predicted molar refractivity (Wildman–Crippen MR) is 102 cm³/mol. The molecular formula is C18H27N5O5. The maximum Gasteiger partial charge on any atom is 0.280 e. The smallest absolute Gasteiger partial charge is 0.280 e. The Hall–Kier alpha value is -2.30. The number of hydrogen-bond donors (Lipinski definition) is 4. The summed E-state index contributed by atoms with van der Waals surface area (Å²) in [5, 5.41) is 19.8. The lowest BCUT2D eigenvalue weighted by molar-refractivity contribution is -0.160. The van der Waals surface area contributed by atoms with Gasteiger partial charge in [0.2, 0.25) is 11.7 Å². The first-order valence-corrected chi connectivity index (χ1v) is 9.66. The summed E-state index contributed by atoms with van der Waals surface area (Å²) in [5.74, 6) is -0.363. The van der Waals surface area contributed by atoms with E-state index in [0.717, 1.165) is 25.7 Å². The first-order chi connectivity index (χ1) is 13.4. The molecular weight excluding hydrogens is 366 g/mol. The highest BCUT2D eigenvalue weighted by Crippen LogP contribution is 2.38. The molecule has 3 heterocycles. The number of carbonyl (C=O) groups excluding carboxylic acids is 1. The molecule has 0 unspecified atom stereocenters. The standard InChI is InChI=1S/C18H27N5O5/c1-2-3-4-5-6-7-13(26)18(8-11(25)12(9-24)28-18)23-10-20-14-15(23)21-17(19)22-16(14)27/h10-12,24-25H,2-9H2,1H3,(H3,19,21,22,27)/t11-,12+,18-/m0/s1. The molecule has 2 aromatic heterocycles. The van der Waals surface area contributed by atoms with E-state index in [1.54, 1.807) is 0 Å². The van der Waals surface area contributed by atoms with Crippen LogP contribution in [0.3, 0.4) is 0 Å². The molecule has 0 radical (unpaired) electrons. The van der Waals surface area contributed by atoms with Crippen molar-refractivity contribution in [3.05, 3.63) is 16.7 Å². The van der Waals surface area contributed by atoms with Gasteiger partial charge in [-0.1, -0.05) is 32.6 Å². The first kappa shape index (κ1) is 20.4. The van der Waals surface area contributed by atoms with Crippen LogP contribution in [0.5, 0.6) is 0 Å². The lowest BCUT2D eigenvalue weighted by atomic mass is 9.97. The molecule has 154 valence electrons. The van der Waals surface area contributed by atoms with E-state index in [1.807, 2.05) is 0 Å². The van der Waals surface area contributed by atoms with E-state index in [9.17, 15) is 19.8 Å². The number of aromatic nitrogens is 4. The zero-order chi connectivity index (χ0) is 20.3. The number of aliphatic hydroxyl groups is 2. The monoisotopic (exact) mass is 393 g/mol. The van der Waals surface area contributed by atoms with Gasteiger partial charge < -0.3 is 20.7 Å². The van der Waals surface area contributed by atoms with E-state index < -0.39 is 30.1 Å². The van der Waals surface area contributed by atoms with Crippen molar-refractivity contribution in [3.63, 3.8) is 0 Å². The Morgan fingerprint density at radius 1 is 1.43 bits per heavy atom. The van der Waals surface area contributed by atoms with Crippen LogP contribution in [0.1, 0.15) is 51.9 Å². The molecule has 10 heteroatoms. The molecule has 0 aliphatic carbocycles. The largest absolute Gasteiger partial charge is 0.394 e. The van der Waals surface area contributed by atoms with Crippen LogP contribution < -0.4 is 11.3 Å². The number of Topliss-reactive ketones (excluding diaryl/α,β-unsaturated/α-hetero) is 1. The van der Waals surface area contributed by atoms with Gasteiger partial charge in [0.15, 0.2) is 16.9 Å². The van der Waals surface area contributed by atoms with Crippen molar-refractivity contribution in [1.29, 1.82) is 0 Å². The number of imidazole rings is 1. The maximum atomic E-state index is 13.2. The number of nitrogens with one attached hydrogen (secondary N) is 1. The minimum Gasteiger partial charge on any atom is -0.394 e. The fourth-order valence-corrected chi connectivity index (χ4v) is 3.70. The maximum absolute atomic E-state index is 13.2. The van der Waals surface area contributed by atoms with Crippen molar-refractivity contribution in [2.45, 2.75) is 69.8 Å². The van der Waals surface area contributed by atoms with E-state index >= 15 is 0 Å². The highest BCUT2D eigenvalue weighted by molar-refractivity contribution is 5.87. The number of rotatable bonds is 9. The van der Waals surface area contributed by atoms with Crippen LogP contribution in [0, 0.1) is 0 Å². The van der Waals surface area contributed by atoms with E-state index in [-0.39, 0.29) is 35.7 Å². The molecule has 3 atom stereocenters. The van der Waals surface area contributed by atoms with Crippen LogP contribution in [0.15, 0.2) is 11.1 Å². The number of aromatic amines is 1. The minimum absolute atomic E-state index is 0.0230. The Kier molecular flexibility index (Phi) is 6.11. The third-order valence-electron chi connectivity index (χ3n) is 5.20. The summed E-state index contributed by atoms with van der Waals surface area (Å²) in [6, 6.07) is 0. The van der Waals surface area contributed by atoms with Crippen molar-refractivity contribution in [3.8, 4) is 0 Å². The summed E-state index contributed by atoms with van der Waals surface area (Å²) in [6.07, 6.45) is 4.39. The molecule has 5 N–H and O–H groups in total. The molecule has 1 aliphatic heterocycles. The van der Waals surface area contributed by atoms with Gasteiger partial charge in [0.25, 0.3) is 5.56 Å². The summed E-state index contributed by atoms with van der Waals surface area (Å²) < 4.78 is 7.23. The molecule has 1 fully saturated rings. The molecule has 1 aliphatic rings. The number of nitrogens with two attached hydrogens (primary N) is 1. The summed E-state index contributed by atoms with van der Waals surface area (Å²) in [5.41, 5.74) is 3.67. The van der Waals surface area contributed by atoms with Crippen LogP contribution in [0.4, 0.5) is 5.95 Å². The van der Waals surface area contributed by atoms with Crippen LogP contribution in [-0.4, -0.2) is 54.3 Å². The van der Waals surface area contributed by atoms with Gasteiger partial charge in [-0.05, 0) is 6.42 Å². The zero-order valence-electron chi connectivity index (χ0n) is 15.9. The highest BCUT2D eigenvalue weighted by atomic mass is 16.6. The first-order valence-electron chi connectivity index (χ1n) is 9.66. The molecule has 10 nitrogen and oxygen atoms in total. The molecule has 2 aromatic rings. The molecule has 3 rings (SSSR count). The lowest BCUT2D eigenvalue weighted by Crippen LogP contribution is -2.42. The Bertz CT molecular complexity index is 894. The number of H-pyrrole nitrogens is 1. The topological polar surface area (TPSA) is 156 Å². The van der Waals surface area contributed by atoms with Crippen molar-refractivity contribution < 1.29 is 19.7 Å². The quantitative estimate of drug-likeness (QED) is 0.447. The summed E-state index contributed by atoms with van der Waals surface area (Å²) >= 11 is 0. The van der Waals surface area contributed by atoms with Crippen molar-refractivity contribution >= 4 is 22.9 Å². The van der Waals surface area contributed by atoms with Crippen molar-refractivity contribution in [2.75, 3.05) is 12.3 Å². The van der Waals surface area contributed by atoms with Crippen molar-refractivity contribution in [1.82, 2.24) is 19.5 Å². The molecule has 28 heavy (non-hydrogen) atoms. The second kappa shape index (κ2) is 8.38. The number of ketones is 1. The number of unbranched alkanes of at least 4 members (excludes halogenated alkanes) is 4. The van der Waals surface area contributed by atoms with Crippen molar-refractivity contribution in [2.24, 2.45) is 0 Å². The molecule has 0 amide bonds. The van der Waals surface area contributed by atoms with Crippen LogP contribution >= 0.6 is 0 Å². The summed E-state index contributed by atoms with van der Waals surface area (Å²) in [6.45, 7) is 1.68. The third-order valence-corrected chi connectivity index (χ3v) is 5.20. The molecule has 0 spiro atoms. The van der Waals surface area contributed by atoms with Gasteiger partial charge >= 0.3 is 0 Å². The van der Waals surface area contributed by atoms with Gasteiger partial charge in [-0.2, -0.15) is 4.98 Å². The Labute approximate surface area is 161 Å². The SMILES string of the molecule is CCCCCCCC(=O)[C@]1(n2cnc3c(=O)[nH]c(N)nc32)C[C@H](O)[C@@H](CO)O1. The summed E-state index contributed by atoms with van der Waals surface area (Å²) in [7, 11) is 0. The number of aliphatic hydroxyl groups excluding tert-OH is 2. The third kappa shape index (κ3) is 3.67. The van der Waals surface area contributed by atoms with Crippen LogP contribution in [-0.2, 0) is 15.3 Å². The van der Waals surface area contributed by atoms with Gasteiger partial charge in [-0.3, -0.25) is 19.1 Å². The van der Waals surface area contributed by atoms with Gasteiger partial charge in [0.05, 0.1) is 12.7 Å². The average molecular weight is 393 g/mol. The zero-order valence-corrected chi connectivity index (χ0v) is 15.9. The fraction of sp³-hybridized carbons (Fsp3) is 0.667. The lowest BCUT2D eigenvalue weighted by Gasteiger charge is -2.29. The number of anilines is 1. The van der Waals surface area contributed by atoms with Crippen LogP contribution in [0.25, 0.3) is 11.2 Å². The number of nitrogens with zero attached hydrogens (tertiary/aromatic N) is 3. The van der Waals surface area contributed by atoms with E-state index in [0.29, 0.717) is 6.42 Å². The molecule has 0 aromatic carbocycles. The highest BCUT2D eigenvalue weighted by Gasteiger charge is 2.52. The van der Waals surface area contributed by atoms with Crippen LogP contribution in [0.2, 0.25) is 0 Å². The molecule has 0 saturated carbocycles. The molecule has 0 bridgehead atoms. The second-order valence-electron chi connectivity index (χ2n) is 7.22. The van der Waals surface area contributed by atoms with E-state index in [4.69, 9.17) is 10.5 Å².